The molecule has 2 unspecified atom stereocenters. The molecule has 1 amide bonds. The molecule has 0 aromatic rings. The Labute approximate surface area is 72.5 Å². The lowest BCUT2D eigenvalue weighted by Crippen LogP contribution is -2.41. The molecule has 0 aromatic carbocycles. The summed E-state index contributed by atoms with van der Waals surface area (Å²) in [6.45, 7) is 0. The Kier molecular flexibility index (Phi) is 1.65. The largest absolute Gasteiger partial charge is 0.370 e. The standard InChI is InChI=1S/C9H16N2O/c10-8(12)5-9(11)3-6-1-2-7(6)4-9/h6-7H,1-5,11H2,(H2,10,12). The van der Waals surface area contributed by atoms with Crippen molar-refractivity contribution in [2.75, 3.05) is 0 Å². The Bertz CT molecular complexity index is 203. The van der Waals surface area contributed by atoms with Gasteiger partial charge in [-0.2, -0.15) is 0 Å². The molecular formula is C9H16N2O. The van der Waals surface area contributed by atoms with Crippen LogP contribution in [-0.2, 0) is 4.79 Å². The molecule has 0 spiro atoms. The molecule has 0 saturated heterocycles. The Balaban J connectivity index is 1.98. The molecule has 4 N–H and O–H groups in total. The van der Waals surface area contributed by atoms with Crippen molar-refractivity contribution in [2.24, 2.45) is 23.3 Å². The monoisotopic (exact) mass is 168 g/mol. The van der Waals surface area contributed by atoms with Crippen LogP contribution in [0.15, 0.2) is 0 Å². The zero-order valence-corrected chi connectivity index (χ0v) is 7.25. The van der Waals surface area contributed by atoms with E-state index in [1.54, 1.807) is 0 Å². The molecule has 2 saturated carbocycles. The number of nitrogens with two attached hydrogens (primary N) is 2. The van der Waals surface area contributed by atoms with Crippen molar-refractivity contribution in [1.29, 1.82) is 0 Å². The fourth-order valence-electron chi connectivity index (χ4n) is 2.79. The van der Waals surface area contributed by atoms with Crippen molar-refractivity contribution in [2.45, 2.75) is 37.6 Å². The van der Waals surface area contributed by atoms with Crippen molar-refractivity contribution >= 4 is 5.91 Å². The van der Waals surface area contributed by atoms with E-state index in [0.29, 0.717) is 6.42 Å². The van der Waals surface area contributed by atoms with Gasteiger partial charge in [-0.3, -0.25) is 4.79 Å². The third-order valence-electron chi connectivity index (χ3n) is 3.44. The minimum Gasteiger partial charge on any atom is -0.370 e. The lowest BCUT2D eigenvalue weighted by Gasteiger charge is -2.29. The lowest BCUT2D eigenvalue weighted by molar-refractivity contribution is -0.119. The summed E-state index contributed by atoms with van der Waals surface area (Å²) < 4.78 is 0. The van der Waals surface area contributed by atoms with E-state index < -0.39 is 0 Å². The van der Waals surface area contributed by atoms with Gasteiger partial charge in [-0.15, -0.1) is 0 Å². The summed E-state index contributed by atoms with van der Waals surface area (Å²) in [5, 5.41) is 0. The van der Waals surface area contributed by atoms with E-state index in [0.717, 1.165) is 24.7 Å². The maximum atomic E-state index is 10.7. The average molecular weight is 168 g/mol. The maximum absolute atomic E-state index is 10.7. The zero-order chi connectivity index (χ0) is 8.77. The van der Waals surface area contributed by atoms with Gasteiger partial charge in [0.2, 0.25) is 5.91 Å². The van der Waals surface area contributed by atoms with Crippen molar-refractivity contribution in [3.8, 4) is 0 Å². The molecule has 3 nitrogen and oxygen atoms in total. The van der Waals surface area contributed by atoms with Crippen LogP contribution in [0, 0.1) is 11.8 Å². The van der Waals surface area contributed by atoms with Crippen LogP contribution in [0.25, 0.3) is 0 Å². The number of amides is 1. The van der Waals surface area contributed by atoms with E-state index in [1.165, 1.54) is 12.8 Å². The highest BCUT2D eigenvalue weighted by Crippen LogP contribution is 2.51. The summed E-state index contributed by atoms with van der Waals surface area (Å²) in [6, 6.07) is 0. The molecule has 68 valence electrons. The summed E-state index contributed by atoms with van der Waals surface area (Å²) in [6.07, 6.45) is 5.02. The SMILES string of the molecule is NC(=O)CC1(N)CC2CCC2C1. The Hall–Kier alpha value is -0.570. The summed E-state index contributed by atoms with van der Waals surface area (Å²) in [4.78, 5) is 10.7. The molecule has 2 atom stereocenters. The number of carbonyl (C=O) groups is 1. The quantitative estimate of drug-likeness (QED) is 0.625. The molecule has 2 fully saturated rings. The van der Waals surface area contributed by atoms with Crippen LogP contribution in [0.1, 0.15) is 32.1 Å². The predicted octanol–water partition coefficient (Wildman–Crippen LogP) is 0.379. The van der Waals surface area contributed by atoms with Gasteiger partial charge < -0.3 is 11.5 Å². The minimum absolute atomic E-state index is 0.251. The van der Waals surface area contributed by atoms with Crippen LogP contribution in [0.2, 0.25) is 0 Å². The normalized spacial score (nSPS) is 45.1. The molecule has 0 bridgehead atoms. The van der Waals surface area contributed by atoms with E-state index in [9.17, 15) is 4.79 Å². The van der Waals surface area contributed by atoms with Crippen molar-refractivity contribution in [3.63, 3.8) is 0 Å². The smallest absolute Gasteiger partial charge is 0.219 e. The Morgan fingerprint density at radius 2 is 1.83 bits per heavy atom. The summed E-state index contributed by atoms with van der Waals surface area (Å²) in [7, 11) is 0. The zero-order valence-electron chi connectivity index (χ0n) is 7.25. The molecule has 2 aliphatic carbocycles. The molecular weight excluding hydrogens is 152 g/mol. The van der Waals surface area contributed by atoms with E-state index in [4.69, 9.17) is 11.5 Å². The molecule has 0 heterocycles. The third-order valence-corrected chi connectivity index (χ3v) is 3.44. The first-order valence-corrected chi connectivity index (χ1v) is 4.66. The molecule has 3 heteroatoms. The van der Waals surface area contributed by atoms with E-state index >= 15 is 0 Å². The van der Waals surface area contributed by atoms with Crippen LogP contribution in [-0.4, -0.2) is 11.4 Å². The van der Waals surface area contributed by atoms with Crippen LogP contribution < -0.4 is 11.5 Å². The summed E-state index contributed by atoms with van der Waals surface area (Å²) in [5.74, 6) is 1.35. The van der Waals surface area contributed by atoms with Gasteiger partial charge in [0.1, 0.15) is 0 Å². The number of hydrogen-bond acceptors (Lipinski definition) is 2. The highest BCUT2D eigenvalue weighted by Gasteiger charge is 2.47. The van der Waals surface area contributed by atoms with Crippen molar-refractivity contribution in [3.05, 3.63) is 0 Å². The first kappa shape index (κ1) is 8.05. The summed E-state index contributed by atoms with van der Waals surface area (Å²) >= 11 is 0. The van der Waals surface area contributed by atoms with Gasteiger partial charge in [0.25, 0.3) is 0 Å². The number of rotatable bonds is 2. The topological polar surface area (TPSA) is 69.1 Å². The molecule has 0 radical (unpaired) electrons. The minimum atomic E-state index is -0.252. The maximum Gasteiger partial charge on any atom is 0.219 e. The van der Waals surface area contributed by atoms with Crippen LogP contribution in [0.4, 0.5) is 0 Å². The van der Waals surface area contributed by atoms with Crippen molar-refractivity contribution < 1.29 is 4.79 Å². The van der Waals surface area contributed by atoms with Gasteiger partial charge >= 0.3 is 0 Å². The highest BCUT2D eigenvalue weighted by atomic mass is 16.1. The second-order valence-electron chi connectivity index (χ2n) is 4.51. The molecule has 2 rings (SSSR count). The van der Waals surface area contributed by atoms with Gasteiger partial charge in [-0.05, 0) is 37.5 Å². The second-order valence-corrected chi connectivity index (χ2v) is 4.51. The fourth-order valence-corrected chi connectivity index (χ4v) is 2.79. The Morgan fingerprint density at radius 1 is 1.33 bits per heavy atom. The van der Waals surface area contributed by atoms with Crippen molar-refractivity contribution in [1.82, 2.24) is 0 Å². The van der Waals surface area contributed by atoms with E-state index in [1.807, 2.05) is 0 Å². The number of fused-ring (bicyclic) bond motifs is 1. The van der Waals surface area contributed by atoms with Crippen LogP contribution >= 0.6 is 0 Å². The van der Waals surface area contributed by atoms with Gasteiger partial charge in [0.15, 0.2) is 0 Å². The van der Waals surface area contributed by atoms with Crippen LogP contribution in [0.3, 0.4) is 0 Å². The average Bonchev–Trinajstić information content (AvgIpc) is 2.11. The number of carbonyl (C=O) groups excluding carboxylic acids is 1. The summed E-state index contributed by atoms with van der Waals surface area (Å²) in [5.41, 5.74) is 11.0. The molecule has 0 aromatic heterocycles. The van der Waals surface area contributed by atoms with Crippen LogP contribution in [0.5, 0.6) is 0 Å². The molecule has 2 aliphatic rings. The Morgan fingerprint density at radius 3 is 2.17 bits per heavy atom. The number of hydrogen-bond donors (Lipinski definition) is 2. The van der Waals surface area contributed by atoms with Gasteiger partial charge in [0, 0.05) is 12.0 Å². The van der Waals surface area contributed by atoms with E-state index in [2.05, 4.69) is 0 Å². The fraction of sp³-hybridized carbons (Fsp3) is 0.889. The first-order valence-electron chi connectivity index (χ1n) is 4.66. The molecule has 0 aliphatic heterocycles. The van der Waals surface area contributed by atoms with Gasteiger partial charge in [0.05, 0.1) is 0 Å². The van der Waals surface area contributed by atoms with E-state index in [-0.39, 0.29) is 11.4 Å². The first-order chi connectivity index (χ1) is 5.59. The number of primary amides is 1. The predicted molar refractivity (Wildman–Crippen MR) is 46.2 cm³/mol. The highest BCUT2D eigenvalue weighted by molar-refractivity contribution is 5.75. The lowest BCUT2D eigenvalue weighted by atomic mass is 9.77. The van der Waals surface area contributed by atoms with Gasteiger partial charge in [-0.1, -0.05) is 0 Å². The second kappa shape index (κ2) is 2.46. The van der Waals surface area contributed by atoms with Gasteiger partial charge in [-0.25, -0.2) is 0 Å². The molecule has 12 heavy (non-hydrogen) atoms. The third kappa shape index (κ3) is 1.22.